The second-order valence-corrected chi connectivity index (χ2v) is 19.3. The van der Waals surface area contributed by atoms with E-state index in [1.165, 1.54) is 83.1 Å². The molecule has 6 atom stereocenters. The molecule has 0 aromatic carbocycles. The van der Waals surface area contributed by atoms with Crippen molar-refractivity contribution >= 4 is 39.5 Å². The van der Waals surface area contributed by atoms with Gasteiger partial charge in [0.05, 0.1) is 28.3 Å². The average molecular weight is 827 g/mol. The van der Waals surface area contributed by atoms with E-state index in [0.29, 0.717) is 0 Å². The number of rotatable bonds is 18. The van der Waals surface area contributed by atoms with Crippen LogP contribution in [0.4, 0.5) is 0 Å². The van der Waals surface area contributed by atoms with Gasteiger partial charge in [-0.15, -0.1) is 0 Å². The highest BCUT2D eigenvalue weighted by atomic mass is 31.2. The lowest BCUT2D eigenvalue weighted by Gasteiger charge is -2.42. The number of aliphatic hydroxyl groups excluding tert-OH is 4. The highest BCUT2D eigenvalue weighted by Crippen LogP contribution is 2.53. The maximum atomic E-state index is 13.6. The Morgan fingerprint density at radius 3 is 1.17 bits per heavy atom. The van der Waals surface area contributed by atoms with Crippen LogP contribution in [0.5, 0.6) is 0 Å². The molecule has 316 valence electrons. The maximum absolute atomic E-state index is 13.6. The van der Waals surface area contributed by atoms with Gasteiger partial charge in [0.15, 0.2) is 6.29 Å². The summed E-state index contributed by atoms with van der Waals surface area (Å²) in [5.41, 5.74) is -4.00. The van der Waals surface area contributed by atoms with Crippen molar-refractivity contribution in [3.8, 4) is 0 Å². The van der Waals surface area contributed by atoms with Crippen molar-refractivity contribution in [3.63, 3.8) is 0 Å². The third-order valence-electron chi connectivity index (χ3n) is 6.68. The van der Waals surface area contributed by atoms with Crippen molar-refractivity contribution in [2.24, 2.45) is 21.7 Å². The molecule has 0 radical (unpaired) electrons. The van der Waals surface area contributed by atoms with Gasteiger partial charge in [0, 0.05) is 0 Å². The molecule has 54 heavy (non-hydrogen) atoms. The Kier molecular flexibility index (Phi) is 18.4. The van der Waals surface area contributed by atoms with Crippen LogP contribution in [0, 0.1) is 21.7 Å². The minimum atomic E-state index is -5.07. The molecule has 1 aliphatic heterocycles. The lowest BCUT2D eigenvalue weighted by molar-refractivity contribution is -0.294. The van der Waals surface area contributed by atoms with Crippen molar-refractivity contribution in [2.45, 2.75) is 120 Å². The number of ether oxygens (including phenoxy) is 5. The molecule has 0 bridgehead atoms. The molecule has 1 aliphatic rings. The molecular weight excluding hydrogens is 770 g/mol. The topological polar surface area (TPSA) is 285 Å². The predicted octanol–water partition coefficient (Wildman–Crippen LogP) is 2.66. The third-order valence-corrected chi connectivity index (χ3v) is 9.29. The molecule has 1 unspecified atom stereocenters. The van der Waals surface area contributed by atoms with E-state index in [-0.39, 0.29) is 0 Å². The molecule has 4 N–H and O–H groups in total. The number of hydrogen-bond acceptors (Lipinski definition) is 21. The van der Waals surface area contributed by atoms with E-state index in [4.69, 9.17) is 50.8 Å². The highest BCUT2D eigenvalue weighted by Gasteiger charge is 2.50. The van der Waals surface area contributed by atoms with Crippen LogP contribution in [0.1, 0.15) is 83.1 Å². The molecule has 0 aromatic heterocycles. The molecule has 1 heterocycles. The fourth-order valence-electron chi connectivity index (χ4n) is 3.32. The monoisotopic (exact) mass is 826 g/mol. The molecule has 0 amide bonds. The van der Waals surface area contributed by atoms with Crippen LogP contribution in [0.15, 0.2) is 0 Å². The Hall–Kier alpha value is -2.10. The van der Waals surface area contributed by atoms with E-state index < -0.39 is 132 Å². The van der Waals surface area contributed by atoms with Gasteiger partial charge in [0.2, 0.25) is 27.2 Å². The summed E-state index contributed by atoms with van der Waals surface area (Å²) in [6.07, 6.45) is -12.8. The molecular formula is C31H56O21P2. The Morgan fingerprint density at radius 2 is 0.852 bits per heavy atom. The molecule has 0 aliphatic carbocycles. The van der Waals surface area contributed by atoms with Gasteiger partial charge in [-0.25, -0.2) is 27.2 Å². The normalized spacial score (nSPS) is 22.3. The van der Waals surface area contributed by atoms with Crippen LogP contribution >= 0.6 is 15.6 Å². The van der Waals surface area contributed by atoms with E-state index >= 15 is 0 Å². The zero-order chi connectivity index (χ0) is 42.1. The minimum Gasteiger partial charge on any atom is -0.437 e. The van der Waals surface area contributed by atoms with Gasteiger partial charge < -0.3 is 44.1 Å². The van der Waals surface area contributed by atoms with Crippen molar-refractivity contribution in [1.29, 1.82) is 0 Å². The molecule has 1 rings (SSSR count). The summed E-state index contributed by atoms with van der Waals surface area (Å²) >= 11 is 0. The number of carbonyl (C=O) groups is 4. The molecule has 21 nitrogen and oxygen atoms in total. The smallest absolute Gasteiger partial charge is 0.437 e. The summed E-state index contributed by atoms with van der Waals surface area (Å²) in [7, 11) is -9.93. The SMILES string of the molecule is CC(C)(C)C(=O)OCOP(=O)(OCOC(=O)C(C)(C)C)OCC(O)[C@H]1O[C@@H](OP(=O)(OCOC(=O)C(C)(C)C)OCOC(=O)C(C)(C)C)[C@@H](O)[C@@H](O)[C@@H]1O. The van der Waals surface area contributed by atoms with Crippen molar-refractivity contribution in [2.75, 3.05) is 33.8 Å². The van der Waals surface area contributed by atoms with E-state index in [1.807, 2.05) is 0 Å². The lowest BCUT2D eigenvalue weighted by atomic mass is 9.96. The maximum Gasteiger partial charge on any atom is 0.483 e. The Bertz CT molecular complexity index is 1290. The van der Waals surface area contributed by atoms with Crippen LogP contribution < -0.4 is 0 Å². The molecule has 1 saturated heterocycles. The molecule has 0 saturated carbocycles. The predicted molar refractivity (Wildman–Crippen MR) is 181 cm³/mol. The van der Waals surface area contributed by atoms with E-state index in [0.717, 1.165) is 0 Å². The van der Waals surface area contributed by atoms with Crippen LogP contribution in [0.2, 0.25) is 0 Å². The van der Waals surface area contributed by atoms with Gasteiger partial charge in [0.25, 0.3) is 0 Å². The summed E-state index contributed by atoms with van der Waals surface area (Å²) < 4.78 is 82.5. The molecule has 1 fully saturated rings. The zero-order valence-corrected chi connectivity index (χ0v) is 34.4. The van der Waals surface area contributed by atoms with Crippen molar-refractivity contribution in [1.82, 2.24) is 0 Å². The largest absolute Gasteiger partial charge is 0.483 e. The fraction of sp³-hybridized carbons (Fsp3) is 0.871. The second-order valence-electron chi connectivity index (χ2n) is 16.0. The minimum absolute atomic E-state index is 0.768. The van der Waals surface area contributed by atoms with Gasteiger partial charge in [0.1, 0.15) is 30.5 Å². The molecule has 0 aromatic rings. The summed E-state index contributed by atoms with van der Waals surface area (Å²) in [6, 6.07) is 0. The number of aliphatic hydroxyl groups is 4. The van der Waals surface area contributed by atoms with Gasteiger partial charge in [-0.1, -0.05) is 0 Å². The zero-order valence-electron chi connectivity index (χ0n) is 32.6. The summed E-state index contributed by atoms with van der Waals surface area (Å²) in [4.78, 5) is 48.7. The number of esters is 4. The van der Waals surface area contributed by atoms with Crippen molar-refractivity contribution < 1.29 is 99.6 Å². The molecule has 0 spiro atoms. The Labute approximate surface area is 314 Å². The first-order chi connectivity index (χ1) is 24.3. The lowest BCUT2D eigenvalue weighted by Crippen LogP contribution is -2.61. The Balaban J connectivity index is 3.20. The highest BCUT2D eigenvalue weighted by molar-refractivity contribution is 7.48. The van der Waals surface area contributed by atoms with E-state index in [1.54, 1.807) is 0 Å². The first-order valence-electron chi connectivity index (χ1n) is 16.5. The fourth-order valence-corrected chi connectivity index (χ4v) is 5.23. The number of carbonyl (C=O) groups excluding carboxylic acids is 4. The summed E-state index contributed by atoms with van der Waals surface area (Å²) in [6.45, 7) is 13.1. The quantitative estimate of drug-likeness (QED) is 0.0668. The number of hydrogen-bond donors (Lipinski definition) is 4. The Morgan fingerprint density at radius 1 is 0.537 bits per heavy atom. The second kappa shape index (κ2) is 19.9. The average Bonchev–Trinajstić information content (AvgIpc) is 3.02. The first kappa shape index (κ1) is 49.9. The first-order valence-corrected chi connectivity index (χ1v) is 19.4. The van der Waals surface area contributed by atoms with Gasteiger partial charge >= 0.3 is 39.5 Å². The van der Waals surface area contributed by atoms with Crippen LogP contribution in [-0.2, 0) is 79.1 Å². The number of phosphoric acid groups is 2. The summed E-state index contributed by atoms with van der Waals surface area (Å²) in [5.74, 6) is -3.13. The van der Waals surface area contributed by atoms with Crippen LogP contribution in [0.25, 0.3) is 0 Å². The van der Waals surface area contributed by atoms with E-state index in [2.05, 4.69) is 0 Å². The standard InChI is InChI=1S/C31H56O21P2/c1-28(2,3)24(36)42-14-47-53(40,48-15-43-25(37)29(4,5)6)46-13-18(32)22-20(34)19(33)21(35)23(51-22)52-54(41,49-16-44-26(38)30(7,8)9)50-17-45-27(39)31(10,11)12/h18-23,32-35H,13-17H2,1-12H3/t18?,19-,20-,21-,22+,23-/m0/s1. The third kappa shape index (κ3) is 16.6. The van der Waals surface area contributed by atoms with Gasteiger partial charge in [-0.05, 0) is 83.1 Å². The van der Waals surface area contributed by atoms with Gasteiger partial charge in [-0.3, -0.25) is 28.2 Å². The number of phosphoric ester groups is 2. The van der Waals surface area contributed by atoms with E-state index in [9.17, 15) is 48.7 Å². The van der Waals surface area contributed by atoms with Crippen LogP contribution in [-0.4, -0.2) is 115 Å². The van der Waals surface area contributed by atoms with Crippen molar-refractivity contribution in [3.05, 3.63) is 0 Å². The summed E-state index contributed by atoms with van der Waals surface area (Å²) in [5, 5.41) is 42.8. The van der Waals surface area contributed by atoms with Gasteiger partial charge in [-0.2, -0.15) is 0 Å². The van der Waals surface area contributed by atoms with Crippen LogP contribution in [0.3, 0.4) is 0 Å². The molecule has 23 heteroatoms.